The number of amides is 1. The first kappa shape index (κ1) is 22.7. The molecule has 1 saturated heterocycles. The van der Waals surface area contributed by atoms with Crippen LogP contribution >= 0.6 is 23.2 Å². The predicted molar refractivity (Wildman–Crippen MR) is 127 cm³/mol. The molecule has 0 aliphatic carbocycles. The topological polar surface area (TPSA) is 82.9 Å². The highest BCUT2D eigenvalue weighted by atomic mass is 35.5. The molecular formula is C22H21Cl2N3O4S. The summed E-state index contributed by atoms with van der Waals surface area (Å²) in [5.74, 6) is 0.253. The van der Waals surface area contributed by atoms with Crippen LogP contribution in [-0.4, -0.2) is 51.1 Å². The quantitative estimate of drug-likeness (QED) is 0.561. The van der Waals surface area contributed by atoms with Gasteiger partial charge in [-0.05, 0) is 54.6 Å². The van der Waals surface area contributed by atoms with Crippen LogP contribution in [0.15, 0.2) is 59.0 Å². The Morgan fingerprint density at radius 3 is 2.28 bits per heavy atom. The van der Waals surface area contributed by atoms with E-state index in [1.807, 2.05) is 12.1 Å². The van der Waals surface area contributed by atoms with E-state index in [1.54, 1.807) is 42.5 Å². The summed E-state index contributed by atoms with van der Waals surface area (Å²) in [5.41, 5.74) is 2.24. The average Bonchev–Trinajstić information content (AvgIpc) is 3.24. The smallest absolute Gasteiger partial charge is 0.291 e. The molecule has 1 N–H and O–H groups in total. The fraction of sp³-hybridized carbons (Fsp3) is 0.227. The third-order valence-electron chi connectivity index (χ3n) is 5.22. The third kappa shape index (κ3) is 5.10. The van der Waals surface area contributed by atoms with Crippen molar-refractivity contribution >= 4 is 50.5 Å². The molecule has 0 spiro atoms. The molecule has 168 valence electrons. The molecule has 1 aliphatic heterocycles. The van der Waals surface area contributed by atoms with Crippen molar-refractivity contribution in [1.29, 1.82) is 0 Å². The van der Waals surface area contributed by atoms with E-state index < -0.39 is 10.0 Å². The zero-order valence-corrected chi connectivity index (χ0v) is 19.5. The summed E-state index contributed by atoms with van der Waals surface area (Å²) in [6, 6.07) is 15.7. The molecule has 1 aromatic heterocycles. The van der Waals surface area contributed by atoms with Crippen LogP contribution in [0.4, 0.5) is 11.4 Å². The van der Waals surface area contributed by atoms with Gasteiger partial charge in [-0.25, -0.2) is 8.42 Å². The largest absolute Gasteiger partial charge is 0.451 e. The van der Waals surface area contributed by atoms with Gasteiger partial charge in [-0.2, -0.15) is 4.31 Å². The molecule has 1 aliphatic rings. The SMILES string of the molecule is CS(=O)(=O)N1CCN(c2ccc(NC(=O)c3ccc(-c4ccc(Cl)cc4Cl)o3)cc2)CC1. The first-order chi connectivity index (χ1) is 15.2. The number of nitrogens with zero attached hydrogens (tertiary/aromatic N) is 2. The minimum Gasteiger partial charge on any atom is -0.451 e. The minimum atomic E-state index is -3.16. The number of hydrogen-bond donors (Lipinski definition) is 1. The number of piperazine rings is 1. The molecule has 10 heteroatoms. The van der Waals surface area contributed by atoms with E-state index >= 15 is 0 Å². The van der Waals surface area contributed by atoms with Crippen LogP contribution in [-0.2, 0) is 10.0 Å². The van der Waals surface area contributed by atoms with Gasteiger partial charge in [-0.15, -0.1) is 0 Å². The molecule has 0 atom stereocenters. The van der Waals surface area contributed by atoms with Gasteiger partial charge in [0.2, 0.25) is 10.0 Å². The maximum atomic E-state index is 12.6. The van der Waals surface area contributed by atoms with E-state index in [2.05, 4.69) is 10.2 Å². The van der Waals surface area contributed by atoms with Crippen LogP contribution < -0.4 is 10.2 Å². The normalized spacial score (nSPS) is 15.0. The van der Waals surface area contributed by atoms with Crippen molar-refractivity contribution in [3.05, 3.63) is 70.4 Å². The summed E-state index contributed by atoms with van der Waals surface area (Å²) in [6.07, 6.45) is 1.23. The molecule has 3 aromatic rings. The maximum absolute atomic E-state index is 12.6. The Hall–Kier alpha value is -2.52. The van der Waals surface area contributed by atoms with Crippen LogP contribution in [0.3, 0.4) is 0 Å². The predicted octanol–water partition coefficient (Wildman–Crippen LogP) is 4.59. The Morgan fingerprint density at radius 1 is 0.969 bits per heavy atom. The van der Waals surface area contributed by atoms with E-state index in [0.717, 1.165) is 5.69 Å². The number of sulfonamides is 1. The maximum Gasteiger partial charge on any atom is 0.291 e. The molecular weight excluding hydrogens is 473 g/mol. The van der Waals surface area contributed by atoms with Gasteiger partial charge in [0.05, 0.1) is 11.3 Å². The lowest BCUT2D eigenvalue weighted by molar-refractivity contribution is 0.0997. The van der Waals surface area contributed by atoms with Crippen molar-refractivity contribution in [3.8, 4) is 11.3 Å². The molecule has 1 fully saturated rings. The standard InChI is InChI=1S/C22H21Cl2N3O4S/c1-32(29,30)27-12-10-26(11-13-27)17-5-3-16(4-6-17)25-22(28)21-9-8-20(31-21)18-7-2-15(23)14-19(18)24/h2-9,14H,10-13H2,1H3,(H,25,28). The van der Waals surface area contributed by atoms with E-state index in [1.165, 1.54) is 10.6 Å². The van der Waals surface area contributed by atoms with Gasteiger partial charge in [0.15, 0.2) is 5.76 Å². The molecule has 4 rings (SSSR count). The van der Waals surface area contributed by atoms with Crippen LogP contribution in [0.5, 0.6) is 0 Å². The van der Waals surface area contributed by atoms with Gasteiger partial charge >= 0.3 is 0 Å². The number of carbonyl (C=O) groups excluding carboxylic acids is 1. The lowest BCUT2D eigenvalue weighted by atomic mass is 10.2. The Kier molecular flexibility index (Phi) is 6.48. The number of halogens is 2. The Labute approximate surface area is 196 Å². The summed E-state index contributed by atoms with van der Waals surface area (Å²) < 4.78 is 30.5. The van der Waals surface area contributed by atoms with E-state index in [0.29, 0.717) is 53.2 Å². The number of benzene rings is 2. The van der Waals surface area contributed by atoms with Crippen molar-refractivity contribution < 1.29 is 17.6 Å². The van der Waals surface area contributed by atoms with Gasteiger partial charge < -0.3 is 14.6 Å². The fourth-order valence-corrected chi connectivity index (χ4v) is 4.85. The highest BCUT2D eigenvalue weighted by molar-refractivity contribution is 7.88. The van der Waals surface area contributed by atoms with Crippen molar-refractivity contribution in [2.45, 2.75) is 0 Å². The summed E-state index contributed by atoms with van der Waals surface area (Å²) in [4.78, 5) is 14.7. The highest BCUT2D eigenvalue weighted by Gasteiger charge is 2.23. The summed E-state index contributed by atoms with van der Waals surface area (Å²) >= 11 is 12.1. The zero-order chi connectivity index (χ0) is 22.9. The third-order valence-corrected chi connectivity index (χ3v) is 7.08. The van der Waals surface area contributed by atoms with Crippen LogP contribution in [0.1, 0.15) is 10.6 Å². The summed E-state index contributed by atoms with van der Waals surface area (Å²) in [5, 5.41) is 3.77. The molecule has 0 saturated carbocycles. The number of hydrogen-bond acceptors (Lipinski definition) is 5. The first-order valence-electron chi connectivity index (χ1n) is 9.87. The Bertz CT molecular complexity index is 1230. The molecule has 0 bridgehead atoms. The number of furan rings is 1. The average molecular weight is 494 g/mol. The molecule has 2 aromatic carbocycles. The second kappa shape index (κ2) is 9.15. The number of anilines is 2. The van der Waals surface area contributed by atoms with Gasteiger partial charge in [0.25, 0.3) is 5.91 Å². The summed E-state index contributed by atoms with van der Waals surface area (Å²) in [7, 11) is -3.16. The molecule has 7 nitrogen and oxygen atoms in total. The molecule has 2 heterocycles. The van der Waals surface area contributed by atoms with Gasteiger partial charge in [-0.3, -0.25) is 4.79 Å². The lowest BCUT2D eigenvalue weighted by Crippen LogP contribution is -2.48. The fourth-order valence-electron chi connectivity index (χ4n) is 3.52. The van der Waals surface area contributed by atoms with Crippen molar-refractivity contribution in [3.63, 3.8) is 0 Å². The van der Waals surface area contributed by atoms with Crippen molar-refractivity contribution in [2.75, 3.05) is 42.7 Å². The number of rotatable bonds is 5. The first-order valence-corrected chi connectivity index (χ1v) is 12.5. The van der Waals surface area contributed by atoms with E-state index in [4.69, 9.17) is 27.6 Å². The summed E-state index contributed by atoms with van der Waals surface area (Å²) in [6.45, 7) is 2.13. The van der Waals surface area contributed by atoms with Crippen LogP contribution in [0, 0.1) is 0 Å². The van der Waals surface area contributed by atoms with Gasteiger partial charge in [0, 0.05) is 48.1 Å². The van der Waals surface area contributed by atoms with Crippen LogP contribution in [0.2, 0.25) is 10.0 Å². The van der Waals surface area contributed by atoms with Crippen molar-refractivity contribution in [1.82, 2.24) is 4.31 Å². The monoisotopic (exact) mass is 493 g/mol. The molecule has 0 unspecified atom stereocenters. The van der Waals surface area contributed by atoms with Gasteiger partial charge in [-0.1, -0.05) is 23.2 Å². The lowest BCUT2D eigenvalue weighted by Gasteiger charge is -2.34. The molecule has 0 radical (unpaired) electrons. The molecule has 1 amide bonds. The Morgan fingerprint density at radius 2 is 1.66 bits per heavy atom. The number of nitrogens with one attached hydrogen (secondary N) is 1. The van der Waals surface area contributed by atoms with Crippen LogP contribution in [0.25, 0.3) is 11.3 Å². The molecule has 32 heavy (non-hydrogen) atoms. The number of carbonyl (C=O) groups is 1. The van der Waals surface area contributed by atoms with E-state index in [9.17, 15) is 13.2 Å². The van der Waals surface area contributed by atoms with Crippen molar-refractivity contribution in [2.24, 2.45) is 0 Å². The minimum absolute atomic E-state index is 0.159. The second-order valence-electron chi connectivity index (χ2n) is 7.44. The Balaban J connectivity index is 1.39. The van der Waals surface area contributed by atoms with Gasteiger partial charge in [0.1, 0.15) is 5.76 Å². The second-order valence-corrected chi connectivity index (χ2v) is 10.3. The zero-order valence-electron chi connectivity index (χ0n) is 17.2. The highest BCUT2D eigenvalue weighted by Crippen LogP contribution is 2.31. The van der Waals surface area contributed by atoms with E-state index in [-0.39, 0.29) is 11.7 Å².